The van der Waals surface area contributed by atoms with E-state index >= 15 is 0 Å². The SMILES string of the molecule is Cc1sc(-n2cnnn2)c(C(=O)Nc2ccc3c(c2)OCCO3)c1C. The van der Waals surface area contributed by atoms with E-state index in [1.54, 1.807) is 18.2 Å². The Labute approximate surface area is 147 Å². The van der Waals surface area contributed by atoms with Crippen molar-refractivity contribution in [2.45, 2.75) is 13.8 Å². The number of carbonyl (C=O) groups excluding carboxylic acids is 1. The molecule has 0 bridgehead atoms. The van der Waals surface area contributed by atoms with Gasteiger partial charge in [0.1, 0.15) is 24.5 Å². The third kappa shape index (κ3) is 2.82. The third-order valence-corrected chi connectivity index (χ3v) is 5.15. The molecule has 0 saturated heterocycles. The van der Waals surface area contributed by atoms with E-state index in [9.17, 15) is 4.79 Å². The topological polar surface area (TPSA) is 91.2 Å². The van der Waals surface area contributed by atoms with Gasteiger partial charge in [0.2, 0.25) is 0 Å². The standard InChI is InChI=1S/C16H15N5O3S/c1-9-10(2)25-16(21-8-17-19-20-21)14(9)15(22)18-11-3-4-12-13(7-11)24-6-5-23-12/h3-4,7-8H,5-6H2,1-2H3,(H,18,22). The second-order valence-corrected chi connectivity index (χ2v) is 6.73. The summed E-state index contributed by atoms with van der Waals surface area (Å²) in [4.78, 5) is 13.9. The van der Waals surface area contributed by atoms with Crippen LogP contribution < -0.4 is 14.8 Å². The van der Waals surface area contributed by atoms with Crippen LogP contribution in [0.2, 0.25) is 0 Å². The second kappa shape index (κ2) is 6.17. The average molecular weight is 357 g/mol. The molecular formula is C16H15N5O3S. The number of amides is 1. The fourth-order valence-electron chi connectivity index (χ4n) is 2.61. The molecule has 8 nitrogen and oxygen atoms in total. The van der Waals surface area contributed by atoms with Crippen molar-refractivity contribution in [3.8, 4) is 16.5 Å². The first kappa shape index (κ1) is 15.6. The molecule has 1 aliphatic heterocycles. The number of aromatic nitrogens is 4. The number of ether oxygens (including phenoxy) is 2. The Morgan fingerprint density at radius 1 is 1.24 bits per heavy atom. The van der Waals surface area contributed by atoms with Gasteiger partial charge in [0.05, 0.1) is 5.56 Å². The van der Waals surface area contributed by atoms with Gasteiger partial charge >= 0.3 is 0 Å². The normalized spacial score (nSPS) is 12.9. The lowest BCUT2D eigenvalue weighted by Crippen LogP contribution is -2.17. The molecule has 2 aromatic heterocycles. The van der Waals surface area contributed by atoms with E-state index in [0.29, 0.717) is 41.0 Å². The maximum absolute atomic E-state index is 12.9. The van der Waals surface area contributed by atoms with E-state index in [-0.39, 0.29) is 5.91 Å². The van der Waals surface area contributed by atoms with Crippen molar-refractivity contribution in [3.63, 3.8) is 0 Å². The zero-order chi connectivity index (χ0) is 17.4. The summed E-state index contributed by atoms with van der Waals surface area (Å²) >= 11 is 1.48. The molecule has 4 rings (SSSR count). The smallest absolute Gasteiger partial charge is 0.259 e. The number of fused-ring (bicyclic) bond motifs is 1. The molecule has 0 fully saturated rings. The number of nitrogens with zero attached hydrogens (tertiary/aromatic N) is 4. The fourth-order valence-corrected chi connectivity index (χ4v) is 3.68. The van der Waals surface area contributed by atoms with Crippen LogP contribution in [-0.4, -0.2) is 39.3 Å². The Bertz CT molecular complexity index is 936. The molecule has 0 saturated carbocycles. The van der Waals surface area contributed by atoms with Gasteiger partial charge in [-0.3, -0.25) is 4.79 Å². The van der Waals surface area contributed by atoms with Crippen molar-refractivity contribution in [1.82, 2.24) is 20.2 Å². The van der Waals surface area contributed by atoms with Gasteiger partial charge in [-0.25, -0.2) is 0 Å². The van der Waals surface area contributed by atoms with Gasteiger partial charge in [-0.1, -0.05) is 0 Å². The highest BCUT2D eigenvalue weighted by Crippen LogP contribution is 2.34. The molecule has 3 heterocycles. The number of tetrazole rings is 1. The molecule has 128 valence electrons. The third-order valence-electron chi connectivity index (χ3n) is 3.95. The van der Waals surface area contributed by atoms with Gasteiger partial charge in [-0.2, -0.15) is 4.68 Å². The van der Waals surface area contributed by atoms with Crippen LogP contribution >= 0.6 is 11.3 Å². The van der Waals surface area contributed by atoms with Crippen LogP contribution in [0.15, 0.2) is 24.5 Å². The number of carbonyl (C=O) groups is 1. The summed E-state index contributed by atoms with van der Waals surface area (Å²) in [7, 11) is 0. The maximum atomic E-state index is 12.9. The lowest BCUT2D eigenvalue weighted by atomic mass is 10.1. The zero-order valence-corrected chi connectivity index (χ0v) is 14.5. The number of benzene rings is 1. The Kier molecular flexibility index (Phi) is 3.85. The van der Waals surface area contributed by atoms with E-state index in [2.05, 4.69) is 20.8 Å². The molecule has 0 atom stereocenters. The van der Waals surface area contributed by atoms with Crippen molar-refractivity contribution in [3.05, 3.63) is 40.5 Å². The molecule has 9 heteroatoms. The first-order valence-electron chi connectivity index (χ1n) is 7.68. The highest BCUT2D eigenvalue weighted by atomic mass is 32.1. The minimum atomic E-state index is -0.218. The number of aryl methyl sites for hydroxylation is 1. The lowest BCUT2D eigenvalue weighted by Gasteiger charge is -2.19. The van der Waals surface area contributed by atoms with Gasteiger partial charge in [-0.05, 0) is 42.0 Å². The first-order chi connectivity index (χ1) is 12.1. The molecule has 0 spiro atoms. The van der Waals surface area contributed by atoms with Crippen LogP contribution in [0.25, 0.3) is 5.00 Å². The molecule has 1 amide bonds. The summed E-state index contributed by atoms with van der Waals surface area (Å²) in [6.07, 6.45) is 1.48. The summed E-state index contributed by atoms with van der Waals surface area (Å²) in [5.41, 5.74) is 2.11. The van der Waals surface area contributed by atoms with Gasteiger partial charge in [-0.15, -0.1) is 16.4 Å². The van der Waals surface area contributed by atoms with Crippen molar-refractivity contribution in [2.24, 2.45) is 0 Å². The van der Waals surface area contributed by atoms with Gasteiger partial charge in [0.25, 0.3) is 5.91 Å². The van der Waals surface area contributed by atoms with E-state index in [0.717, 1.165) is 10.4 Å². The Balaban J connectivity index is 1.66. The fraction of sp³-hybridized carbons (Fsp3) is 0.250. The Morgan fingerprint density at radius 2 is 2.04 bits per heavy atom. The van der Waals surface area contributed by atoms with E-state index < -0.39 is 0 Å². The predicted octanol–water partition coefficient (Wildman–Crippen LogP) is 2.36. The molecule has 0 aliphatic carbocycles. The number of hydrogen-bond acceptors (Lipinski definition) is 7. The largest absolute Gasteiger partial charge is 0.486 e. The number of rotatable bonds is 3. The minimum absolute atomic E-state index is 0.218. The highest BCUT2D eigenvalue weighted by molar-refractivity contribution is 7.15. The average Bonchev–Trinajstić information content (AvgIpc) is 3.24. The van der Waals surface area contributed by atoms with Crippen LogP contribution in [0.5, 0.6) is 11.5 Å². The molecule has 1 aliphatic rings. The summed E-state index contributed by atoms with van der Waals surface area (Å²) < 4.78 is 12.6. The maximum Gasteiger partial charge on any atom is 0.259 e. The van der Waals surface area contributed by atoms with Gasteiger partial charge in [0, 0.05) is 16.6 Å². The summed E-state index contributed by atoms with van der Waals surface area (Å²) in [5, 5.41) is 14.8. The molecule has 1 N–H and O–H groups in total. The van der Waals surface area contributed by atoms with Crippen molar-refractivity contribution < 1.29 is 14.3 Å². The summed E-state index contributed by atoms with van der Waals surface area (Å²) in [6.45, 7) is 4.91. The number of nitrogens with one attached hydrogen (secondary N) is 1. The lowest BCUT2D eigenvalue weighted by molar-refractivity contribution is 0.102. The molecule has 3 aromatic rings. The van der Waals surface area contributed by atoms with E-state index in [4.69, 9.17) is 9.47 Å². The minimum Gasteiger partial charge on any atom is -0.486 e. The summed E-state index contributed by atoms with van der Waals surface area (Å²) in [5.74, 6) is 1.09. The highest BCUT2D eigenvalue weighted by Gasteiger charge is 2.22. The van der Waals surface area contributed by atoms with Crippen LogP contribution in [0.1, 0.15) is 20.8 Å². The molecule has 1 aromatic carbocycles. The van der Waals surface area contributed by atoms with Crippen molar-refractivity contribution in [1.29, 1.82) is 0 Å². The van der Waals surface area contributed by atoms with Crippen molar-refractivity contribution in [2.75, 3.05) is 18.5 Å². The quantitative estimate of drug-likeness (QED) is 0.774. The molecule has 0 unspecified atom stereocenters. The Hall–Kier alpha value is -2.94. The van der Waals surface area contributed by atoms with Crippen LogP contribution in [0, 0.1) is 13.8 Å². The van der Waals surface area contributed by atoms with Gasteiger partial charge in [0.15, 0.2) is 11.5 Å². The second-order valence-electron chi connectivity index (χ2n) is 5.53. The van der Waals surface area contributed by atoms with Crippen LogP contribution in [0.3, 0.4) is 0 Å². The molecule has 0 radical (unpaired) electrons. The van der Waals surface area contributed by atoms with Gasteiger partial charge < -0.3 is 14.8 Å². The van der Waals surface area contributed by atoms with Crippen molar-refractivity contribution >= 4 is 22.9 Å². The van der Waals surface area contributed by atoms with Crippen LogP contribution in [-0.2, 0) is 0 Å². The molecular weight excluding hydrogens is 342 g/mol. The molecule has 25 heavy (non-hydrogen) atoms. The number of thiophene rings is 1. The number of hydrogen-bond donors (Lipinski definition) is 1. The van der Waals surface area contributed by atoms with Crippen LogP contribution in [0.4, 0.5) is 5.69 Å². The van der Waals surface area contributed by atoms with E-state index in [1.807, 2.05) is 13.8 Å². The monoisotopic (exact) mass is 357 g/mol. The first-order valence-corrected chi connectivity index (χ1v) is 8.49. The predicted molar refractivity (Wildman–Crippen MR) is 91.9 cm³/mol. The number of anilines is 1. The summed E-state index contributed by atoms with van der Waals surface area (Å²) in [6, 6.07) is 5.34. The Morgan fingerprint density at radius 3 is 2.80 bits per heavy atom. The zero-order valence-electron chi connectivity index (χ0n) is 13.6. The van der Waals surface area contributed by atoms with E-state index in [1.165, 1.54) is 22.3 Å².